The van der Waals surface area contributed by atoms with Gasteiger partial charge in [-0.05, 0) is 50.6 Å². The number of aliphatic imine (C=N–C) groups is 1. The summed E-state index contributed by atoms with van der Waals surface area (Å²) < 4.78 is 0. The second-order valence-electron chi connectivity index (χ2n) is 7.78. The van der Waals surface area contributed by atoms with Gasteiger partial charge in [-0.2, -0.15) is 0 Å². The summed E-state index contributed by atoms with van der Waals surface area (Å²) in [6, 6.07) is 4.33. The predicted octanol–water partition coefficient (Wildman–Crippen LogP) is 4.19. The third-order valence-corrected chi connectivity index (χ3v) is 6.30. The monoisotopic (exact) mass is 485 g/mol. The largest absolute Gasteiger partial charge is 0.366 e. The van der Waals surface area contributed by atoms with Crippen LogP contribution in [0.5, 0.6) is 0 Å². The Morgan fingerprint density at radius 3 is 2.52 bits per heavy atom. The molecule has 0 atom stereocenters. The Kier molecular flexibility index (Phi) is 10.9. The van der Waals surface area contributed by atoms with E-state index in [0.29, 0.717) is 5.69 Å². The molecule has 0 radical (unpaired) electrons. The molecule has 2 aromatic rings. The maximum atomic E-state index is 12.7. The number of benzene rings is 1. The van der Waals surface area contributed by atoms with Crippen LogP contribution in [0.4, 0.5) is 5.69 Å². The summed E-state index contributed by atoms with van der Waals surface area (Å²) in [6.07, 6.45) is 2.62. The molecule has 0 bridgehead atoms. The first-order valence-corrected chi connectivity index (χ1v) is 11.0. The summed E-state index contributed by atoms with van der Waals surface area (Å²) in [7, 11) is 4.11. The van der Waals surface area contributed by atoms with E-state index in [1.165, 1.54) is 11.1 Å². The number of aromatic nitrogens is 1. The van der Waals surface area contributed by atoms with Crippen LogP contribution >= 0.6 is 36.2 Å². The average Bonchev–Trinajstić information content (AvgIpc) is 3.17. The zero-order chi connectivity index (χ0) is 21.0. The fourth-order valence-corrected chi connectivity index (χ4v) is 4.05. The van der Waals surface area contributed by atoms with Crippen molar-refractivity contribution < 1.29 is 4.79 Å². The maximum Gasteiger partial charge on any atom is 0.273 e. The second kappa shape index (κ2) is 12.4. The number of hydrogen-bond acceptors (Lipinski definition) is 5. The molecule has 0 unspecified atom stereocenters. The average molecular weight is 487 g/mol. The van der Waals surface area contributed by atoms with E-state index in [1.807, 2.05) is 23.7 Å². The van der Waals surface area contributed by atoms with Crippen molar-refractivity contribution in [3.63, 3.8) is 0 Å². The molecule has 1 aromatic heterocycles. The predicted molar refractivity (Wildman–Crippen MR) is 135 cm³/mol. The minimum Gasteiger partial charge on any atom is -0.366 e. The van der Waals surface area contributed by atoms with E-state index in [0.717, 1.165) is 55.4 Å². The fraction of sp³-hybridized carbons (Fsp3) is 0.500. The summed E-state index contributed by atoms with van der Waals surface area (Å²) in [5.41, 5.74) is 5.16. The van der Waals surface area contributed by atoms with Crippen molar-refractivity contribution >= 4 is 54.1 Å². The Morgan fingerprint density at radius 2 is 1.87 bits per heavy atom. The standard InChI is InChI=1S/C22H31N5OS.2ClH/c1-6-25(4)15-23-19-12-16(2)18(11-17(19)3)13-21-24-20(14-29-21)22(28)27-9-7-26(5)8-10-27;;/h11-12,14-15H,6-10,13H2,1-5H3;2*1H. The zero-order valence-electron chi connectivity index (χ0n) is 18.9. The molecular formula is C22H33Cl2N5OS. The summed E-state index contributed by atoms with van der Waals surface area (Å²) >= 11 is 1.57. The van der Waals surface area contributed by atoms with Gasteiger partial charge in [0.05, 0.1) is 17.0 Å². The van der Waals surface area contributed by atoms with E-state index in [-0.39, 0.29) is 30.7 Å². The molecule has 3 rings (SSSR count). The van der Waals surface area contributed by atoms with Gasteiger partial charge in [0.15, 0.2) is 0 Å². The molecule has 1 aromatic carbocycles. The minimum absolute atomic E-state index is 0. The number of piperazine rings is 1. The summed E-state index contributed by atoms with van der Waals surface area (Å²) in [5.74, 6) is 0.0539. The van der Waals surface area contributed by atoms with Gasteiger partial charge in [0.2, 0.25) is 0 Å². The minimum atomic E-state index is 0. The van der Waals surface area contributed by atoms with Gasteiger partial charge in [0.25, 0.3) is 5.91 Å². The highest BCUT2D eigenvalue weighted by Gasteiger charge is 2.22. The number of thiazole rings is 1. The van der Waals surface area contributed by atoms with E-state index in [2.05, 4.69) is 59.7 Å². The lowest BCUT2D eigenvalue weighted by Crippen LogP contribution is -2.47. The molecule has 9 heteroatoms. The van der Waals surface area contributed by atoms with E-state index >= 15 is 0 Å². The SMILES string of the molecule is CCN(C)C=Nc1cc(C)c(Cc2nc(C(=O)N3CCN(C)CC3)cs2)cc1C.Cl.Cl. The van der Waals surface area contributed by atoms with Gasteiger partial charge >= 0.3 is 0 Å². The lowest BCUT2D eigenvalue weighted by atomic mass is 10.0. The van der Waals surface area contributed by atoms with Gasteiger partial charge in [0, 0.05) is 51.6 Å². The first kappa shape index (κ1) is 27.4. The van der Waals surface area contributed by atoms with E-state index in [9.17, 15) is 4.79 Å². The lowest BCUT2D eigenvalue weighted by molar-refractivity contribution is 0.0659. The summed E-state index contributed by atoms with van der Waals surface area (Å²) in [4.78, 5) is 28.2. The Hall–Kier alpha value is -1.67. The summed E-state index contributed by atoms with van der Waals surface area (Å²) in [6.45, 7) is 10.6. The number of likely N-dealkylation sites (N-methyl/N-ethyl adjacent to an activating group) is 1. The molecule has 0 spiro atoms. The molecule has 0 N–H and O–H groups in total. The molecule has 31 heavy (non-hydrogen) atoms. The van der Waals surface area contributed by atoms with Crippen molar-refractivity contribution in [1.82, 2.24) is 19.7 Å². The van der Waals surface area contributed by atoms with Gasteiger partial charge in [-0.3, -0.25) is 4.79 Å². The van der Waals surface area contributed by atoms with Gasteiger partial charge in [-0.15, -0.1) is 36.2 Å². The Bertz CT molecular complexity index is 894. The highest BCUT2D eigenvalue weighted by Crippen LogP contribution is 2.26. The third kappa shape index (κ3) is 7.17. The molecule has 0 aliphatic carbocycles. The van der Waals surface area contributed by atoms with Crippen LogP contribution in [0.2, 0.25) is 0 Å². The Morgan fingerprint density at radius 1 is 1.19 bits per heavy atom. The molecule has 1 aliphatic heterocycles. The third-order valence-electron chi connectivity index (χ3n) is 5.45. The van der Waals surface area contributed by atoms with Gasteiger partial charge in [0.1, 0.15) is 5.69 Å². The van der Waals surface area contributed by atoms with Gasteiger partial charge < -0.3 is 14.7 Å². The molecule has 1 fully saturated rings. The summed E-state index contributed by atoms with van der Waals surface area (Å²) in [5, 5.41) is 2.88. The quantitative estimate of drug-likeness (QED) is 0.454. The van der Waals surface area contributed by atoms with Crippen LogP contribution in [0, 0.1) is 13.8 Å². The molecule has 172 valence electrons. The van der Waals surface area contributed by atoms with Crippen molar-refractivity contribution in [3.8, 4) is 0 Å². The number of nitrogens with zero attached hydrogens (tertiary/aromatic N) is 5. The number of carbonyl (C=O) groups is 1. The Labute approximate surface area is 202 Å². The van der Waals surface area contributed by atoms with Crippen LogP contribution in [0.15, 0.2) is 22.5 Å². The molecule has 1 aliphatic rings. The highest BCUT2D eigenvalue weighted by atomic mass is 35.5. The second-order valence-corrected chi connectivity index (χ2v) is 8.72. The molecule has 1 saturated heterocycles. The van der Waals surface area contributed by atoms with Crippen LogP contribution < -0.4 is 0 Å². The van der Waals surface area contributed by atoms with E-state index in [1.54, 1.807) is 11.3 Å². The van der Waals surface area contributed by atoms with E-state index < -0.39 is 0 Å². The van der Waals surface area contributed by atoms with Crippen LogP contribution in [0.1, 0.15) is 39.1 Å². The Balaban J connectivity index is 0.00000240. The number of aryl methyl sites for hydroxylation is 2. The van der Waals surface area contributed by atoms with E-state index in [4.69, 9.17) is 0 Å². The van der Waals surface area contributed by atoms with Crippen LogP contribution in [0.3, 0.4) is 0 Å². The molecular weight excluding hydrogens is 453 g/mol. The first-order chi connectivity index (χ1) is 13.9. The smallest absolute Gasteiger partial charge is 0.273 e. The highest BCUT2D eigenvalue weighted by molar-refractivity contribution is 7.09. The molecule has 2 heterocycles. The van der Waals surface area contributed by atoms with Crippen molar-refractivity contribution in [2.75, 3.05) is 46.8 Å². The van der Waals surface area contributed by atoms with Crippen molar-refractivity contribution in [3.05, 3.63) is 44.9 Å². The normalized spacial score (nSPS) is 14.3. The number of amides is 1. The molecule has 1 amide bonds. The first-order valence-electron chi connectivity index (χ1n) is 10.1. The molecule has 6 nitrogen and oxygen atoms in total. The topological polar surface area (TPSA) is 52.0 Å². The van der Waals surface area contributed by atoms with Crippen molar-refractivity contribution in [2.45, 2.75) is 27.2 Å². The van der Waals surface area contributed by atoms with Gasteiger partial charge in [-0.1, -0.05) is 6.07 Å². The number of rotatable bonds is 6. The van der Waals surface area contributed by atoms with Crippen molar-refractivity contribution in [2.24, 2.45) is 4.99 Å². The molecule has 0 saturated carbocycles. The van der Waals surface area contributed by atoms with Crippen LogP contribution in [0.25, 0.3) is 0 Å². The number of carbonyl (C=O) groups excluding carboxylic acids is 1. The van der Waals surface area contributed by atoms with Crippen LogP contribution in [-0.4, -0.2) is 78.7 Å². The van der Waals surface area contributed by atoms with Crippen molar-refractivity contribution in [1.29, 1.82) is 0 Å². The maximum absolute atomic E-state index is 12.7. The number of hydrogen-bond donors (Lipinski definition) is 0. The lowest BCUT2D eigenvalue weighted by Gasteiger charge is -2.31. The zero-order valence-corrected chi connectivity index (χ0v) is 21.4. The fourth-order valence-electron chi connectivity index (χ4n) is 3.26. The van der Waals surface area contributed by atoms with Gasteiger partial charge in [-0.25, -0.2) is 9.98 Å². The van der Waals surface area contributed by atoms with Crippen LogP contribution in [-0.2, 0) is 6.42 Å². The number of halogens is 2.